The minimum absolute atomic E-state index is 0.103. The molecule has 0 fully saturated rings. The van der Waals surface area contributed by atoms with E-state index in [-0.39, 0.29) is 17.5 Å². The zero-order chi connectivity index (χ0) is 7.56. The molecular weight excluding hydrogens is 132 g/mol. The van der Waals surface area contributed by atoms with Gasteiger partial charge in [0, 0.05) is 0 Å². The zero-order valence-corrected chi connectivity index (χ0v) is 5.46. The van der Waals surface area contributed by atoms with Crippen molar-refractivity contribution in [1.82, 2.24) is 9.97 Å². The second-order valence-corrected chi connectivity index (χ2v) is 1.62. The Labute approximate surface area is 58.0 Å². The zero-order valence-electron chi connectivity index (χ0n) is 5.46. The van der Waals surface area contributed by atoms with Crippen molar-refractivity contribution in [3.8, 4) is 5.88 Å². The van der Waals surface area contributed by atoms with Gasteiger partial charge in [0.2, 0.25) is 11.8 Å². The van der Waals surface area contributed by atoms with Gasteiger partial charge in [-0.3, -0.25) is 0 Å². The van der Waals surface area contributed by atoms with Gasteiger partial charge in [-0.1, -0.05) is 0 Å². The third-order valence-corrected chi connectivity index (χ3v) is 0.931. The van der Waals surface area contributed by atoms with E-state index in [2.05, 4.69) is 16.2 Å². The second-order valence-electron chi connectivity index (χ2n) is 1.62. The number of nitrogen functional groups attached to an aromatic ring is 2. The van der Waals surface area contributed by atoms with E-state index in [1.807, 2.05) is 0 Å². The minimum atomic E-state index is 0.103. The molecule has 1 rings (SSSR count). The Kier molecular flexibility index (Phi) is 1.57. The lowest BCUT2D eigenvalue weighted by Gasteiger charge is -2.00. The SMILES string of the molecule is COc1nc(N)n[c]c1N. The topological polar surface area (TPSA) is 87.0 Å². The fourth-order valence-corrected chi connectivity index (χ4v) is 0.510. The molecule has 0 atom stereocenters. The number of nitrogens with two attached hydrogens (primary N) is 2. The van der Waals surface area contributed by atoms with Gasteiger partial charge >= 0.3 is 0 Å². The van der Waals surface area contributed by atoms with Crippen LogP contribution in [0.3, 0.4) is 0 Å². The lowest BCUT2D eigenvalue weighted by Crippen LogP contribution is -2.01. The van der Waals surface area contributed by atoms with Gasteiger partial charge in [0.15, 0.2) is 0 Å². The van der Waals surface area contributed by atoms with Crippen LogP contribution in [0, 0.1) is 6.20 Å². The van der Waals surface area contributed by atoms with Crippen molar-refractivity contribution in [1.29, 1.82) is 0 Å². The van der Waals surface area contributed by atoms with Crippen molar-refractivity contribution in [3.63, 3.8) is 0 Å². The number of hydrogen-bond donors (Lipinski definition) is 2. The quantitative estimate of drug-likeness (QED) is 0.545. The molecule has 1 aromatic heterocycles. The van der Waals surface area contributed by atoms with Gasteiger partial charge < -0.3 is 16.2 Å². The lowest BCUT2D eigenvalue weighted by molar-refractivity contribution is 0.400. The second kappa shape index (κ2) is 2.38. The van der Waals surface area contributed by atoms with Crippen molar-refractivity contribution < 1.29 is 4.74 Å². The number of nitrogens with zero attached hydrogens (tertiary/aromatic N) is 2. The van der Waals surface area contributed by atoms with Gasteiger partial charge in [-0.05, 0) is 0 Å². The van der Waals surface area contributed by atoms with Crippen LogP contribution in [-0.4, -0.2) is 17.1 Å². The van der Waals surface area contributed by atoms with Crippen LogP contribution in [-0.2, 0) is 0 Å². The summed E-state index contributed by atoms with van der Waals surface area (Å²) in [7, 11) is 1.45. The van der Waals surface area contributed by atoms with Crippen LogP contribution in [0.25, 0.3) is 0 Å². The highest BCUT2D eigenvalue weighted by molar-refractivity contribution is 5.46. The van der Waals surface area contributed by atoms with Crippen molar-refractivity contribution >= 4 is 11.6 Å². The molecule has 1 aromatic rings. The predicted octanol–water partition coefficient (Wildman–Crippen LogP) is -0.550. The van der Waals surface area contributed by atoms with Crippen LogP contribution in [0.4, 0.5) is 11.6 Å². The van der Waals surface area contributed by atoms with E-state index in [4.69, 9.17) is 16.2 Å². The Hall–Kier alpha value is -1.52. The van der Waals surface area contributed by atoms with Gasteiger partial charge in [-0.2, -0.15) is 4.98 Å². The first-order chi connectivity index (χ1) is 4.74. The molecule has 10 heavy (non-hydrogen) atoms. The fourth-order valence-electron chi connectivity index (χ4n) is 0.510. The number of rotatable bonds is 1. The van der Waals surface area contributed by atoms with Gasteiger partial charge in [0.1, 0.15) is 11.9 Å². The normalized spacial score (nSPS) is 9.30. The van der Waals surface area contributed by atoms with E-state index < -0.39 is 0 Å². The molecule has 53 valence electrons. The van der Waals surface area contributed by atoms with E-state index >= 15 is 0 Å². The fraction of sp³-hybridized carbons (Fsp3) is 0.200. The summed E-state index contributed by atoms with van der Waals surface area (Å²) in [5.41, 5.74) is 10.8. The Morgan fingerprint density at radius 2 is 2.20 bits per heavy atom. The van der Waals surface area contributed by atoms with Crippen LogP contribution >= 0.6 is 0 Å². The molecule has 0 bridgehead atoms. The summed E-state index contributed by atoms with van der Waals surface area (Å²) in [5, 5.41) is 0. The molecule has 5 heteroatoms. The van der Waals surface area contributed by atoms with E-state index in [1.54, 1.807) is 0 Å². The first-order valence-electron chi connectivity index (χ1n) is 2.58. The summed E-state index contributed by atoms with van der Waals surface area (Å²) in [5.74, 6) is 0.360. The summed E-state index contributed by atoms with van der Waals surface area (Å²) >= 11 is 0. The maximum atomic E-state index is 5.34. The molecule has 0 amide bonds. The molecule has 0 aliphatic carbocycles. The summed E-state index contributed by atoms with van der Waals surface area (Å²) in [4.78, 5) is 7.20. The van der Waals surface area contributed by atoms with Gasteiger partial charge in [0.25, 0.3) is 0 Å². The van der Waals surface area contributed by atoms with Crippen LogP contribution in [0.15, 0.2) is 0 Å². The highest BCUT2D eigenvalue weighted by atomic mass is 16.5. The molecule has 0 aliphatic rings. The molecular formula is C5H7N4O. The molecule has 0 unspecified atom stereocenters. The third kappa shape index (κ3) is 1.07. The van der Waals surface area contributed by atoms with Gasteiger partial charge in [-0.15, -0.1) is 0 Å². The third-order valence-electron chi connectivity index (χ3n) is 0.931. The average molecular weight is 139 g/mol. The summed E-state index contributed by atoms with van der Waals surface area (Å²) in [6.45, 7) is 0. The van der Waals surface area contributed by atoms with E-state index in [0.717, 1.165) is 0 Å². The molecule has 1 heterocycles. The number of ether oxygens (including phenoxy) is 1. The monoisotopic (exact) mass is 139 g/mol. The van der Waals surface area contributed by atoms with Gasteiger partial charge in [0.05, 0.1) is 7.11 Å². The summed E-state index contributed by atoms with van der Waals surface area (Å²) in [6.07, 6.45) is 2.43. The first kappa shape index (κ1) is 6.60. The van der Waals surface area contributed by atoms with E-state index in [0.29, 0.717) is 0 Å². The maximum absolute atomic E-state index is 5.34. The molecule has 0 aliphatic heterocycles. The Balaban J connectivity index is 3.09. The highest BCUT2D eigenvalue weighted by Gasteiger charge is 2.00. The lowest BCUT2D eigenvalue weighted by atomic mass is 10.5. The molecule has 5 nitrogen and oxygen atoms in total. The largest absolute Gasteiger partial charge is 0.479 e. The van der Waals surface area contributed by atoms with Crippen LogP contribution in [0.5, 0.6) is 5.88 Å². The smallest absolute Gasteiger partial charge is 0.242 e. The van der Waals surface area contributed by atoms with Gasteiger partial charge in [-0.25, -0.2) is 4.98 Å². The molecule has 0 aromatic carbocycles. The number of aromatic nitrogens is 2. The minimum Gasteiger partial charge on any atom is -0.479 e. The Morgan fingerprint density at radius 3 is 2.70 bits per heavy atom. The maximum Gasteiger partial charge on any atom is 0.242 e. The van der Waals surface area contributed by atoms with Crippen molar-refractivity contribution in [2.24, 2.45) is 0 Å². The first-order valence-corrected chi connectivity index (χ1v) is 2.58. The standard InChI is InChI=1S/C5H7N4O/c1-10-4-3(6)2-8-5(7)9-4/h6H2,1H3,(H2,7,8,9). The van der Waals surface area contributed by atoms with Crippen molar-refractivity contribution in [2.45, 2.75) is 0 Å². The Bertz CT molecular complexity index is 237. The Morgan fingerprint density at radius 1 is 1.50 bits per heavy atom. The average Bonchev–Trinajstić information content (AvgIpc) is 1.94. The predicted molar refractivity (Wildman–Crippen MR) is 36.2 cm³/mol. The molecule has 0 saturated heterocycles. The van der Waals surface area contributed by atoms with Crippen LogP contribution in [0.1, 0.15) is 0 Å². The molecule has 4 N–H and O–H groups in total. The summed E-state index contributed by atoms with van der Waals surface area (Å²) in [6, 6.07) is 0. The molecule has 0 spiro atoms. The number of methoxy groups -OCH3 is 1. The molecule has 1 radical (unpaired) electrons. The summed E-state index contributed by atoms with van der Waals surface area (Å²) < 4.78 is 4.74. The van der Waals surface area contributed by atoms with E-state index in [9.17, 15) is 0 Å². The highest BCUT2D eigenvalue weighted by Crippen LogP contribution is 2.14. The van der Waals surface area contributed by atoms with Crippen LogP contribution < -0.4 is 16.2 Å². The van der Waals surface area contributed by atoms with E-state index in [1.165, 1.54) is 7.11 Å². The van der Waals surface area contributed by atoms with Crippen molar-refractivity contribution in [2.75, 3.05) is 18.6 Å². The van der Waals surface area contributed by atoms with Crippen molar-refractivity contribution in [3.05, 3.63) is 6.20 Å². The molecule has 0 saturated carbocycles. The van der Waals surface area contributed by atoms with Crippen LogP contribution in [0.2, 0.25) is 0 Å². The number of hydrogen-bond acceptors (Lipinski definition) is 5. The number of anilines is 2.